The number of hydrogen-bond donors (Lipinski definition) is 1. The lowest BCUT2D eigenvalue weighted by Crippen LogP contribution is -2.39. The summed E-state index contributed by atoms with van der Waals surface area (Å²) in [6.07, 6.45) is 1.12. The maximum absolute atomic E-state index is 13.1. The van der Waals surface area contributed by atoms with Gasteiger partial charge in [-0.15, -0.1) is 0 Å². The number of benzene rings is 2. The summed E-state index contributed by atoms with van der Waals surface area (Å²) in [7, 11) is -4.02. The van der Waals surface area contributed by atoms with Crippen molar-refractivity contribution in [3.63, 3.8) is 0 Å². The normalized spacial score (nSPS) is 19.8. The van der Waals surface area contributed by atoms with E-state index in [1.807, 2.05) is 18.2 Å². The van der Waals surface area contributed by atoms with Crippen LogP contribution >= 0.6 is 23.2 Å². The Morgan fingerprint density at radius 1 is 1.00 bits per heavy atom. The topological polar surface area (TPSA) is 75.2 Å². The molecule has 0 aliphatic carbocycles. The average Bonchev–Trinajstić information content (AvgIpc) is 2.68. The molecule has 30 heavy (non-hydrogen) atoms. The van der Waals surface area contributed by atoms with Gasteiger partial charge in [-0.25, -0.2) is 18.4 Å². The monoisotopic (exact) mass is 464 g/mol. The first-order valence-corrected chi connectivity index (χ1v) is 12.0. The van der Waals surface area contributed by atoms with Gasteiger partial charge in [-0.2, -0.15) is 0 Å². The Morgan fingerprint density at radius 3 is 2.30 bits per heavy atom. The van der Waals surface area contributed by atoms with Gasteiger partial charge >= 0.3 is 0 Å². The second-order valence-electron chi connectivity index (χ2n) is 7.92. The minimum atomic E-state index is -4.02. The van der Waals surface area contributed by atoms with E-state index < -0.39 is 10.0 Å². The number of para-hydroxylation sites is 2. The van der Waals surface area contributed by atoms with Crippen LogP contribution in [-0.2, 0) is 10.0 Å². The summed E-state index contributed by atoms with van der Waals surface area (Å²) in [5, 5.41) is 0.366. The van der Waals surface area contributed by atoms with Crippen LogP contribution < -0.4 is 9.62 Å². The fraction of sp³-hybridized carbons (Fsp3) is 0.333. The predicted octanol–water partition coefficient (Wildman–Crippen LogP) is 5.22. The van der Waals surface area contributed by atoms with E-state index in [1.54, 1.807) is 12.1 Å². The van der Waals surface area contributed by atoms with Crippen molar-refractivity contribution < 1.29 is 8.42 Å². The maximum atomic E-state index is 13.1. The molecule has 2 aromatic carbocycles. The third kappa shape index (κ3) is 4.33. The highest BCUT2D eigenvalue weighted by Gasteiger charge is 2.28. The maximum Gasteiger partial charge on any atom is 0.264 e. The van der Waals surface area contributed by atoms with Gasteiger partial charge < -0.3 is 4.90 Å². The van der Waals surface area contributed by atoms with E-state index in [0.29, 0.717) is 28.7 Å². The van der Waals surface area contributed by atoms with E-state index in [2.05, 4.69) is 28.5 Å². The van der Waals surface area contributed by atoms with E-state index in [-0.39, 0.29) is 20.8 Å². The fourth-order valence-corrected chi connectivity index (χ4v) is 5.75. The molecule has 0 bridgehead atoms. The molecule has 1 fully saturated rings. The molecule has 0 saturated carbocycles. The molecule has 1 aliphatic rings. The first-order chi connectivity index (χ1) is 14.2. The van der Waals surface area contributed by atoms with E-state index >= 15 is 0 Å². The zero-order valence-electron chi connectivity index (χ0n) is 16.6. The first kappa shape index (κ1) is 21.2. The number of fused-ring (bicyclic) bond motifs is 1. The quantitative estimate of drug-likeness (QED) is 0.572. The molecule has 1 aliphatic heterocycles. The summed E-state index contributed by atoms with van der Waals surface area (Å²) >= 11 is 12.1. The van der Waals surface area contributed by atoms with Crippen LogP contribution in [0.4, 0.5) is 11.6 Å². The number of hydrogen-bond acceptors (Lipinski definition) is 5. The van der Waals surface area contributed by atoms with Crippen LogP contribution in [0.15, 0.2) is 47.4 Å². The highest BCUT2D eigenvalue weighted by atomic mass is 35.5. The molecule has 0 radical (unpaired) electrons. The third-order valence-electron chi connectivity index (χ3n) is 5.13. The summed E-state index contributed by atoms with van der Waals surface area (Å²) in [6, 6.07) is 11.7. The van der Waals surface area contributed by atoms with E-state index in [4.69, 9.17) is 28.2 Å². The minimum absolute atomic E-state index is 0.0856. The van der Waals surface area contributed by atoms with Crippen molar-refractivity contribution in [1.82, 2.24) is 9.97 Å². The van der Waals surface area contributed by atoms with Crippen LogP contribution in [0.5, 0.6) is 0 Å². The molecule has 158 valence electrons. The number of piperidine rings is 1. The number of anilines is 2. The standard InChI is InChI=1S/C21H22Cl2N4O2S/c1-13-9-14(2)12-27(11-13)21-20(24-17-5-3-4-6-18(17)25-21)26-30(28,29)19-10-15(22)7-8-16(19)23/h3-8,10,13-14H,9,11-12H2,1-2H3,(H,24,26)/t13-,14-/m0/s1. The lowest BCUT2D eigenvalue weighted by atomic mass is 9.92. The lowest BCUT2D eigenvalue weighted by molar-refractivity contribution is 0.355. The summed E-state index contributed by atoms with van der Waals surface area (Å²) in [5.41, 5.74) is 1.32. The lowest BCUT2D eigenvalue weighted by Gasteiger charge is -2.36. The number of halogens is 2. The van der Waals surface area contributed by atoms with Gasteiger partial charge in [0.25, 0.3) is 10.0 Å². The van der Waals surface area contributed by atoms with E-state index in [0.717, 1.165) is 19.5 Å². The molecule has 1 N–H and O–H groups in total. The van der Waals surface area contributed by atoms with Crippen LogP contribution in [0.2, 0.25) is 10.0 Å². The summed E-state index contributed by atoms with van der Waals surface area (Å²) < 4.78 is 28.9. The van der Waals surface area contributed by atoms with E-state index in [1.165, 1.54) is 12.1 Å². The smallest absolute Gasteiger partial charge is 0.264 e. The van der Waals surface area contributed by atoms with Gasteiger partial charge in [-0.1, -0.05) is 49.2 Å². The van der Waals surface area contributed by atoms with Gasteiger partial charge in [0, 0.05) is 18.1 Å². The second kappa shape index (κ2) is 8.21. The van der Waals surface area contributed by atoms with Crippen molar-refractivity contribution in [2.24, 2.45) is 11.8 Å². The Morgan fingerprint density at radius 2 is 1.63 bits per heavy atom. The number of aromatic nitrogens is 2. The molecule has 2 atom stereocenters. The Bertz CT molecular complexity index is 1190. The molecule has 1 aromatic heterocycles. The van der Waals surface area contributed by atoms with Crippen LogP contribution in [0, 0.1) is 11.8 Å². The van der Waals surface area contributed by atoms with Crippen molar-refractivity contribution in [3.05, 3.63) is 52.5 Å². The number of nitrogens with one attached hydrogen (secondary N) is 1. The second-order valence-corrected chi connectivity index (χ2v) is 10.4. The fourth-order valence-electron chi connectivity index (χ4n) is 3.98. The van der Waals surface area contributed by atoms with Gasteiger partial charge in [0.05, 0.1) is 16.1 Å². The van der Waals surface area contributed by atoms with Crippen LogP contribution in [0.3, 0.4) is 0 Å². The molecule has 4 rings (SSSR count). The zero-order chi connectivity index (χ0) is 21.5. The molecule has 0 amide bonds. The number of rotatable bonds is 4. The van der Waals surface area contributed by atoms with Gasteiger partial charge in [-0.05, 0) is 48.6 Å². The van der Waals surface area contributed by atoms with Crippen LogP contribution in [0.1, 0.15) is 20.3 Å². The minimum Gasteiger partial charge on any atom is -0.353 e. The van der Waals surface area contributed by atoms with Gasteiger partial charge in [0.1, 0.15) is 4.90 Å². The molecule has 6 nitrogen and oxygen atoms in total. The largest absolute Gasteiger partial charge is 0.353 e. The molecule has 1 saturated heterocycles. The first-order valence-electron chi connectivity index (χ1n) is 9.72. The van der Waals surface area contributed by atoms with Crippen LogP contribution in [0.25, 0.3) is 11.0 Å². The SMILES string of the molecule is C[C@H]1C[C@H](C)CN(c2nc3ccccc3nc2NS(=O)(=O)c2cc(Cl)ccc2Cl)C1. The highest BCUT2D eigenvalue weighted by molar-refractivity contribution is 7.92. The molecular formula is C21H22Cl2N4O2S. The Hall–Kier alpha value is -2.09. The van der Waals surface area contributed by atoms with Crippen LogP contribution in [-0.4, -0.2) is 31.5 Å². The van der Waals surface area contributed by atoms with Gasteiger partial charge in [-0.3, -0.25) is 4.72 Å². The molecule has 3 aromatic rings. The van der Waals surface area contributed by atoms with Crippen molar-refractivity contribution in [1.29, 1.82) is 0 Å². The highest BCUT2D eigenvalue weighted by Crippen LogP contribution is 2.33. The summed E-state index contributed by atoms with van der Waals surface area (Å²) in [5.74, 6) is 1.64. The van der Waals surface area contributed by atoms with Gasteiger partial charge in [0.15, 0.2) is 11.6 Å². The van der Waals surface area contributed by atoms with Crippen molar-refractivity contribution >= 4 is 55.9 Å². The Kier molecular flexibility index (Phi) is 5.79. The van der Waals surface area contributed by atoms with Crippen molar-refractivity contribution in [3.8, 4) is 0 Å². The molecule has 9 heteroatoms. The predicted molar refractivity (Wildman–Crippen MR) is 122 cm³/mol. The number of nitrogens with zero attached hydrogens (tertiary/aromatic N) is 3. The Balaban J connectivity index is 1.81. The zero-order valence-corrected chi connectivity index (χ0v) is 19.0. The molecule has 0 spiro atoms. The molecule has 0 unspecified atom stereocenters. The molecular weight excluding hydrogens is 443 g/mol. The Labute approximate surface area is 186 Å². The summed E-state index contributed by atoms with van der Waals surface area (Å²) in [4.78, 5) is 11.4. The average molecular weight is 465 g/mol. The number of sulfonamides is 1. The van der Waals surface area contributed by atoms with E-state index in [9.17, 15) is 8.42 Å². The summed E-state index contributed by atoms with van der Waals surface area (Å²) in [6.45, 7) is 5.94. The van der Waals surface area contributed by atoms with Crippen molar-refractivity contribution in [2.75, 3.05) is 22.7 Å². The molecule has 2 heterocycles. The van der Waals surface area contributed by atoms with Gasteiger partial charge in [0.2, 0.25) is 0 Å². The van der Waals surface area contributed by atoms with Crippen molar-refractivity contribution in [2.45, 2.75) is 25.2 Å². The third-order valence-corrected chi connectivity index (χ3v) is 7.19.